The van der Waals surface area contributed by atoms with Gasteiger partial charge in [0.1, 0.15) is 0 Å². The molecule has 0 amide bonds. The molecule has 0 spiro atoms. The van der Waals surface area contributed by atoms with Crippen molar-refractivity contribution in [2.75, 3.05) is 19.6 Å². The van der Waals surface area contributed by atoms with Crippen LogP contribution < -0.4 is 0 Å². The maximum Gasteiger partial charge on any atom is 0.0580 e. The van der Waals surface area contributed by atoms with Gasteiger partial charge in [-0.3, -0.25) is 0 Å². The summed E-state index contributed by atoms with van der Waals surface area (Å²) in [6.07, 6.45) is 4.81. The number of rotatable bonds is 2. The summed E-state index contributed by atoms with van der Waals surface area (Å²) in [7, 11) is 0. The highest BCUT2D eigenvalue weighted by molar-refractivity contribution is 4.87. The zero-order valence-electron chi connectivity index (χ0n) is 11.1. The van der Waals surface area contributed by atoms with Gasteiger partial charge >= 0.3 is 0 Å². The highest BCUT2D eigenvalue weighted by atomic mass is 16.3. The molecule has 0 bridgehead atoms. The van der Waals surface area contributed by atoms with Crippen LogP contribution in [0.1, 0.15) is 46.5 Å². The molecule has 1 saturated heterocycles. The van der Waals surface area contributed by atoms with Gasteiger partial charge in [-0.1, -0.05) is 27.2 Å². The molecule has 0 aromatic rings. The van der Waals surface area contributed by atoms with Crippen molar-refractivity contribution >= 4 is 0 Å². The molecule has 1 aliphatic heterocycles. The van der Waals surface area contributed by atoms with Gasteiger partial charge in [0.2, 0.25) is 0 Å². The van der Waals surface area contributed by atoms with Gasteiger partial charge in [0.15, 0.2) is 0 Å². The lowest BCUT2D eigenvalue weighted by molar-refractivity contribution is 0.105. The number of hydrogen-bond donors (Lipinski definition) is 1. The molecule has 16 heavy (non-hydrogen) atoms. The molecule has 2 heteroatoms. The first-order valence-electron chi connectivity index (χ1n) is 6.87. The smallest absolute Gasteiger partial charge is 0.0580 e. The van der Waals surface area contributed by atoms with Gasteiger partial charge < -0.3 is 10.0 Å². The Labute approximate surface area is 100 Å². The Bertz CT molecular complexity index is 233. The average molecular weight is 225 g/mol. The summed E-state index contributed by atoms with van der Waals surface area (Å²) < 4.78 is 0. The van der Waals surface area contributed by atoms with Crippen LogP contribution in [0.25, 0.3) is 0 Å². The quantitative estimate of drug-likeness (QED) is 0.780. The van der Waals surface area contributed by atoms with E-state index in [-0.39, 0.29) is 6.10 Å². The minimum Gasteiger partial charge on any atom is -0.393 e. The van der Waals surface area contributed by atoms with Gasteiger partial charge in [0.05, 0.1) is 6.10 Å². The fourth-order valence-electron chi connectivity index (χ4n) is 3.27. The second-order valence-electron chi connectivity index (χ2n) is 6.87. The Morgan fingerprint density at radius 3 is 2.44 bits per heavy atom. The first-order chi connectivity index (χ1) is 7.47. The van der Waals surface area contributed by atoms with Crippen LogP contribution in [0.5, 0.6) is 0 Å². The van der Waals surface area contributed by atoms with Crippen LogP contribution in [-0.2, 0) is 0 Å². The maximum absolute atomic E-state index is 9.85. The molecule has 3 atom stereocenters. The third-order valence-electron chi connectivity index (χ3n) is 4.61. The lowest BCUT2D eigenvalue weighted by Crippen LogP contribution is -2.32. The minimum atomic E-state index is -0.0197. The predicted octanol–water partition coefficient (Wildman–Crippen LogP) is 2.52. The molecule has 2 aliphatic rings. The maximum atomic E-state index is 9.85. The topological polar surface area (TPSA) is 23.5 Å². The summed E-state index contributed by atoms with van der Waals surface area (Å²) >= 11 is 0. The molecule has 1 saturated carbocycles. The highest BCUT2D eigenvalue weighted by Crippen LogP contribution is 2.35. The number of nitrogens with zero attached hydrogens (tertiary/aromatic N) is 1. The molecule has 1 heterocycles. The van der Waals surface area contributed by atoms with E-state index in [2.05, 4.69) is 25.7 Å². The molecular weight excluding hydrogens is 198 g/mol. The van der Waals surface area contributed by atoms with E-state index in [4.69, 9.17) is 0 Å². The third kappa shape index (κ3) is 2.78. The second-order valence-corrected chi connectivity index (χ2v) is 6.87. The summed E-state index contributed by atoms with van der Waals surface area (Å²) in [6.45, 7) is 10.7. The second kappa shape index (κ2) is 4.66. The van der Waals surface area contributed by atoms with Gasteiger partial charge in [-0.05, 0) is 43.1 Å². The van der Waals surface area contributed by atoms with Gasteiger partial charge in [-0.2, -0.15) is 0 Å². The minimum absolute atomic E-state index is 0.0197. The van der Waals surface area contributed by atoms with E-state index in [0.717, 1.165) is 18.9 Å². The zero-order chi connectivity index (χ0) is 11.8. The summed E-state index contributed by atoms with van der Waals surface area (Å²) in [4.78, 5) is 2.58. The first kappa shape index (κ1) is 12.4. The molecule has 3 unspecified atom stereocenters. The zero-order valence-corrected chi connectivity index (χ0v) is 11.1. The van der Waals surface area contributed by atoms with Crippen LogP contribution in [0.3, 0.4) is 0 Å². The highest BCUT2D eigenvalue weighted by Gasteiger charge is 2.34. The van der Waals surface area contributed by atoms with E-state index >= 15 is 0 Å². The average Bonchev–Trinajstić information content (AvgIpc) is 2.76. The van der Waals surface area contributed by atoms with Crippen LogP contribution in [0, 0.1) is 17.3 Å². The van der Waals surface area contributed by atoms with Gasteiger partial charge in [-0.15, -0.1) is 0 Å². The lowest BCUT2D eigenvalue weighted by atomic mass is 9.80. The lowest BCUT2D eigenvalue weighted by Gasteiger charge is -2.28. The van der Waals surface area contributed by atoms with Gasteiger partial charge in [0, 0.05) is 13.1 Å². The Balaban J connectivity index is 1.81. The van der Waals surface area contributed by atoms with Gasteiger partial charge in [-0.25, -0.2) is 0 Å². The van der Waals surface area contributed by atoms with Crippen molar-refractivity contribution in [3.05, 3.63) is 0 Å². The van der Waals surface area contributed by atoms with Crippen LogP contribution in [0.2, 0.25) is 0 Å². The first-order valence-corrected chi connectivity index (χ1v) is 6.87. The normalized spacial score (nSPS) is 37.1. The summed E-state index contributed by atoms with van der Waals surface area (Å²) in [5.74, 6) is 1.39. The number of aliphatic hydroxyl groups is 1. The Morgan fingerprint density at radius 2 is 1.94 bits per heavy atom. The van der Waals surface area contributed by atoms with Crippen molar-refractivity contribution < 1.29 is 5.11 Å². The van der Waals surface area contributed by atoms with Crippen LogP contribution in [0.15, 0.2) is 0 Å². The number of hydrogen-bond acceptors (Lipinski definition) is 2. The molecule has 1 aliphatic carbocycles. The standard InChI is InChI=1S/C14H27NO/c1-14(2,3)12-7-8-15(10-12)9-11-5-4-6-13(11)16/h11-13,16H,4-10H2,1-3H3. The van der Waals surface area contributed by atoms with Crippen molar-refractivity contribution in [1.82, 2.24) is 4.90 Å². The molecule has 0 aromatic carbocycles. The molecule has 2 fully saturated rings. The fourth-order valence-corrected chi connectivity index (χ4v) is 3.27. The van der Waals surface area contributed by atoms with E-state index in [0.29, 0.717) is 11.3 Å². The monoisotopic (exact) mass is 225 g/mol. The van der Waals surface area contributed by atoms with E-state index in [1.807, 2.05) is 0 Å². The number of aliphatic hydroxyl groups excluding tert-OH is 1. The molecule has 0 radical (unpaired) electrons. The summed E-state index contributed by atoms with van der Waals surface area (Å²) in [5.41, 5.74) is 0.447. The summed E-state index contributed by atoms with van der Waals surface area (Å²) in [5, 5.41) is 9.85. The molecular formula is C14H27NO. The van der Waals surface area contributed by atoms with Crippen molar-refractivity contribution in [3.8, 4) is 0 Å². The Hall–Kier alpha value is -0.0800. The molecule has 0 aromatic heterocycles. The Kier molecular flexibility index (Phi) is 3.60. The van der Waals surface area contributed by atoms with Gasteiger partial charge in [0.25, 0.3) is 0 Å². The SMILES string of the molecule is CC(C)(C)C1CCN(CC2CCCC2O)C1. The number of likely N-dealkylation sites (tertiary alicyclic amines) is 1. The predicted molar refractivity (Wildman–Crippen MR) is 67.3 cm³/mol. The Morgan fingerprint density at radius 1 is 1.19 bits per heavy atom. The van der Waals surface area contributed by atoms with E-state index < -0.39 is 0 Å². The van der Waals surface area contributed by atoms with E-state index in [1.54, 1.807) is 0 Å². The molecule has 94 valence electrons. The van der Waals surface area contributed by atoms with Crippen LogP contribution >= 0.6 is 0 Å². The summed E-state index contributed by atoms with van der Waals surface area (Å²) in [6, 6.07) is 0. The van der Waals surface area contributed by atoms with Crippen molar-refractivity contribution in [2.45, 2.75) is 52.6 Å². The third-order valence-corrected chi connectivity index (χ3v) is 4.61. The van der Waals surface area contributed by atoms with Crippen molar-refractivity contribution in [3.63, 3.8) is 0 Å². The molecule has 2 rings (SSSR count). The van der Waals surface area contributed by atoms with Crippen molar-refractivity contribution in [2.24, 2.45) is 17.3 Å². The molecule has 1 N–H and O–H groups in total. The fraction of sp³-hybridized carbons (Fsp3) is 1.00. The molecule has 2 nitrogen and oxygen atoms in total. The van der Waals surface area contributed by atoms with Crippen LogP contribution in [0.4, 0.5) is 0 Å². The van der Waals surface area contributed by atoms with E-state index in [9.17, 15) is 5.11 Å². The van der Waals surface area contributed by atoms with Crippen molar-refractivity contribution in [1.29, 1.82) is 0 Å². The largest absolute Gasteiger partial charge is 0.393 e. The van der Waals surface area contributed by atoms with E-state index in [1.165, 1.54) is 32.4 Å². The van der Waals surface area contributed by atoms with Crippen LogP contribution in [-0.4, -0.2) is 35.7 Å².